The van der Waals surface area contributed by atoms with Crippen molar-refractivity contribution < 1.29 is 0 Å². The molecule has 2 heterocycles. The van der Waals surface area contributed by atoms with Crippen molar-refractivity contribution in [1.82, 2.24) is 20.3 Å². The lowest BCUT2D eigenvalue weighted by Gasteiger charge is -2.07. The maximum Gasteiger partial charge on any atom is 0.159 e. The van der Waals surface area contributed by atoms with Crippen molar-refractivity contribution in [3.05, 3.63) is 42.0 Å². The molecule has 0 aromatic carbocycles. The van der Waals surface area contributed by atoms with Gasteiger partial charge in [-0.1, -0.05) is 0 Å². The molecule has 18 heavy (non-hydrogen) atoms. The van der Waals surface area contributed by atoms with Gasteiger partial charge in [-0.3, -0.25) is 4.98 Å². The molecule has 0 aliphatic heterocycles. The van der Waals surface area contributed by atoms with Crippen molar-refractivity contribution in [2.75, 3.05) is 0 Å². The van der Waals surface area contributed by atoms with Gasteiger partial charge in [0.2, 0.25) is 0 Å². The number of hydrogen-bond donors (Lipinski definition) is 1. The topological polar surface area (TPSA) is 50.7 Å². The molecule has 0 bridgehead atoms. The highest BCUT2D eigenvalue weighted by atomic mass is 15.0. The number of aryl methyl sites for hydroxylation is 1. The summed E-state index contributed by atoms with van der Waals surface area (Å²) in [6.07, 6.45) is 8.05. The lowest BCUT2D eigenvalue weighted by molar-refractivity contribution is 0.680. The van der Waals surface area contributed by atoms with Gasteiger partial charge in [0.15, 0.2) is 5.82 Å². The predicted octanol–water partition coefficient (Wildman–Crippen LogP) is 2.10. The molecule has 2 aromatic rings. The SMILES string of the molecule is Cc1nc(-c2ccncc2)ncc1CNC1CC1. The van der Waals surface area contributed by atoms with E-state index >= 15 is 0 Å². The van der Waals surface area contributed by atoms with E-state index in [0.29, 0.717) is 6.04 Å². The summed E-state index contributed by atoms with van der Waals surface area (Å²) in [5.41, 5.74) is 3.24. The van der Waals surface area contributed by atoms with Crippen LogP contribution in [-0.2, 0) is 6.54 Å². The molecule has 0 saturated heterocycles. The Labute approximate surface area is 107 Å². The summed E-state index contributed by atoms with van der Waals surface area (Å²) in [6.45, 7) is 2.91. The quantitative estimate of drug-likeness (QED) is 0.889. The summed E-state index contributed by atoms with van der Waals surface area (Å²) in [4.78, 5) is 13.0. The first-order chi connectivity index (χ1) is 8.83. The number of rotatable bonds is 4. The van der Waals surface area contributed by atoms with Crippen molar-refractivity contribution in [3.8, 4) is 11.4 Å². The van der Waals surface area contributed by atoms with Gasteiger partial charge in [0.1, 0.15) is 0 Å². The largest absolute Gasteiger partial charge is 0.310 e. The number of hydrogen-bond acceptors (Lipinski definition) is 4. The third-order valence-corrected chi connectivity index (χ3v) is 3.18. The average Bonchev–Trinajstić information content (AvgIpc) is 3.22. The Morgan fingerprint density at radius 1 is 1.28 bits per heavy atom. The molecule has 0 atom stereocenters. The van der Waals surface area contributed by atoms with Gasteiger partial charge in [0.25, 0.3) is 0 Å². The first-order valence-electron chi connectivity index (χ1n) is 6.29. The monoisotopic (exact) mass is 240 g/mol. The fraction of sp³-hybridized carbons (Fsp3) is 0.357. The molecule has 1 aliphatic carbocycles. The van der Waals surface area contributed by atoms with E-state index in [0.717, 1.165) is 23.6 Å². The van der Waals surface area contributed by atoms with Gasteiger partial charge in [0, 0.05) is 48.0 Å². The van der Waals surface area contributed by atoms with Gasteiger partial charge in [-0.2, -0.15) is 0 Å². The molecule has 1 fully saturated rings. The van der Waals surface area contributed by atoms with Crippen molar-refractivity contribution in [1.29, 1.82) is 0 Å². The van der Waals surface area contributed by atoms with E-state index in [1.54, 1.807) is 12.4 Å². The number of nitrogens with one attached hydrogen (secondary N) is 1. The Bertz CT molecular complexity index is 535. The Kier molecular flexibility index (Phi) is 3.02. The van der Waals surface area contributed by atoms with Crippen LogP contribution in [0.5, 0.6) is 0 Å². The third-order valence-electron chi connectivity index (χ3n) is 3.18. The Hall–Kier alpha value is -1.81. The van der Waals surface area contributed by atoms with E-state index < -0.39 is 0 Å². The number of pyridine rings is 1. The maximum atomic E-state index is 4.56. The van der Waals surface area contributed by atoms with Crippen molar-refractivity contribution in [3.63, 3.8) is 0 Å². The molecule has 1 N–H and O–H groups in total. The van der Waals surface area contributed by atoms with E-state index in [-0.39, 0.29) is 0 Å². The fourth-order valence-corrected chi connectivity index (χ4v) is 1.85. The molecule has 4 heteroatoms. The molecule has 92 valence electrons. The molecule has 0 spiro atoms. The van der Waals surface area contributed by atoms with E-state index in [2.05, 4.69) is 20.3 Å². The zero-order valence-corrected chi connectivity index (χ0v) is 10.4. The lowest BCUT2D eigenvalue weighted by atomic mass is 10.2. The first kappa shape index (κ1) is 11.3. The summed E-state index contributed by atoms with van der Waals surface area (Å²) in [5.74, 6) is 0.769. The van der Waals surface area contributed by atoms with Crippen LogP contribution in [-0.4, -0.2) is 21.0 Å². The van der Waals surface area contributed by atoms with Crippen LogP contribution in [0.1, 0.15) is 24.1 Å². The van der Waals surface area contributed by atoms with Crippen molar-refractivity contribution >= 4 is 0 Å². The highest BCUT2D eigenvalue weighted by molar-refractivity contribution is 5.53. The number of aromatic nitrogens is 3. The smallest absolute Gasteiger partial charge is 0.159 e. The Balaban J connectivity index is 1.79. The minimum absolute atomic E-state index is 0.712. The Morgan fingerprint density at radius 3 is 2.72 bits per heavy atom. The second kappa shape index (κ2) is 4.82. The fourth-order valence-electron chi connectivity index (χ4n) is 1.85. The molecule has 2 aromatic heterocycles. The highest BCUT2D eigenvalue weighted by Gasteiger charge is 2.20. The van der Waals surface area contributed by atoms with Crippen LogP contribution < -0.4 is 5.32 Å². The Morgan fingerprint density at radius 2 is 2.06 bits per heavy atom. The molecule has 3 rings (SSSR count). The van der Waals surface area contributed by atoms with Crippen LogP contribution >= 0.6 is 0 Å². The van der Waals surface area contributed by atoms with Crippen LogP contribution in [0.25, 0.3) is 11.4 Å². The molecule has 0 unspecified atom stereocenters. The summed E-state index contributed by atoms with van der Waals surface area (Å²) >= 11 is 0. The van der Waals surface area contributed by atoms with Crippen LogP contribution in [0, 0.1) is 6.92 Å². The molecular formula is C14H16N4. The lowest BCUT2D eigenvalue weighted by Crippen LogP contribution is -2.16. The highest BCUT2D eigenvalue weighted by Crippen LogP contribution is 2.20. The maximum absolute atomic E-state index is 4.56. The third kappa shape index (κ3) is 2.54. The molecule has 1 aliphatic rings. The van der Waals surface area contributed by atoms with Crippen LogP contribution in [0.3, 0.4) is 0 Å². The second-order valence-electron chi connectivity index (χ2n) is 4.70. The standard InChI is InChI=1S/C14H16N4/c1-10-12(8-16-13-2-3-13)9-17-14(18-10)11-4-6-15-7-5-11/h4-7,9,13,16H,2-3,8H2,1H3. The van der Waals surface area contributed by atoms with Crippen LogP contribution in [0.4, 0.5) is 0 Å². The van der Waals surface area contributed by atoms with Gasteiger partial charge in [-0.05, 0) is 31.9 Å². The van der Waals surface area contributed by atoms with E-state index in [1.807, 2.05) is 25.3 Å². The van der Waals surface area contributed by atoms with Gasteiger partial charge in [-0.15, -0.1) is 0 Å². The minimum Gasteiger partial charge on any atom is -0.310 e. The second-order valence-corrected chi connectivity index (χ2v) is 4.70. The molecule has 0 amide bonds. The van der Waals surface area contributed by atoms with Crippen LogP contribution in [0.15, 0.2) is 30.7 Å². The van der Waals surface area contributed by atoms with Crippen molar-refractivity contribution in [2.45, 2.75) is 32.4 Å². The molecule has 4 nitrogen and oxygen atoms in total. The molecule has 1 saturated carbocycles. The summed E-state index contributed by atoms with van der Waals surface area (Å²) < 4.78 is 0. The van der Waals surface area contributed by atoms with E-state index in [4.69, 9.17) is 0 Å². The molecular weight excluding hydrogens is 224 g/mol. The molecule has 0 radical (unpaired) electrons. The van der Waals surface area contributed by atoms with E-state index in [1.165, 1.54) is 18.4 Å². The van der Waals surface area contributed by atoms with Gasteiger partial charge >= 0.3 is 0 Å². The summed E-state index contributed by atoms with van der Waals surface area (Å²) in [6, 6.07) is 4.57. The first-order valence-corrected chi connectivity index (χ1v) is 6.29. The van der Waals surface area contributed by atoms with Gasteiger partial charge in [0.05, 0.1) is 0 Å². The van der Waals surface area contributed by atoms with Gasteiger partial charge in [-0.25, -0.2) is 9.97 Å². The minimum atomic E-state index is 0.712. The summed E-state index contributed by atoms with van der Waals surface area (Å²) in [5, 5.41) is 3.48. The number of nitrogens with zero attached hydrogens (tertiary/aromatic N) is 3. The van der Waals surface area contributed by atoms with Gasteiger partial charge < -0.3 is 5.32 Å². The van der Waals surface area contributed by atoms with Crippen molar-refractivity contribution in [2.24, 2.45) is 0 Å². The zero-order chi connectivity index (χ0) is 12.4. The van der Waals surface area contributed by atoms with E-state index in [9.17, 15) is 0 Å². The average molecular weight is 240 g/mol. The predicted molar refractivity (Wildman–Crippen MR) is 69.9 cm³/mol. The zero-order valence-electron chi connectivity index (χ0n) is 10.4. The van der Waals surface area contributed by atoms with Crippen LogP contribution in [0.2, 0.25) is 0 Å². The summed E-state index contributed by atoms with van der Waals surface area (Å²) in [7, 11) is 0. The normalized spacial score (nSPS) is 14.7.